The fraction of sp³-hybridized carbons (Fsp3) is 0.467. The molecule has 2 heterocycles. The van der Waals surface area contributed by atoms with Crippen LogP contribution in [0.5, 0.6) is 0 Å². The molecule has 4 atom stereocenters. The first-order chi connectivity index (χ1) is 9.97. The lowest BCUT2D eigenvalue weighted by Gasteiger charge is -2.27. The molecule has 5 nitrogen and oxygen atoms in total. The summed E-state index contributed by atoms with van der Waals surface area (Å²) in [6.07, 6.45) is 0.714. The predicted octanol–water partition coefficient (Wildman–Crippen LogP) is 1.24. The summed E-state index contributed by atoms with van der Waals surface area (Å²) in [5, 5.41) is 14.1. The van der Waals surface area contributed by atoms with Gasteiger partial charge in [-0.3, -0.25) is 4.79 Å². The van der Waals surface area contributed by atoms with Gasteiger partial charge in [-0.15, -0.1) is 0 Å². The van der Waals surface area contributed by atoms with E-state index >= 15 is 0 Å². The average Bonchev–Trinajstić information content (AvgIpc) is 3.02. The molecule has 0 unspecified atom stereocenters. The van der Waals surface area contributed by atoms with Crippen molar-refractivity contribution in [3.8, 4) is 0 Å². The number of benzene rings is 1. The number of hydrogen-bond donors (Lipinski definition) is 1. The Hall–Kier alpha value is -1.40. The standard InChI is InChI=1S/C15H16BrNO4/c1-7-6-8(16)2-3-9(7)17-14(18)12-10-4-5-11(21-10)13(12)15(19)20/h2-3,6,10-13H,4-5H2,1H3,(H,17,18)(H,19,20)/p-1/t10-,11+,12-,13+/m1/s1. The molecule has 1 aromatic carbocycles. The maximum Gasteiger partial charge on any atom is 0.230 e. The molecule has 6 heteroatoms. The van der Waals surface area contributed by atoms with E-state index in [0.29, 0.717) is 12.1 Å². The second-order valence-electron chi connectivity index (χ2n) is 5.61. The molecule has 2 bridgehead atoms. The topological polar surface area (TPSA) is 78.5 Å². The van der Waals surface area contributed by atoms with E-state index in [2.05, 4.69) is 21.2 Å². The number of rotatable bonds is 3. The lowest BCUT2D eigenvalue weighted by atomic mass is 9.78. The molecule has 1 aromatic rings. The number of fused-ring (bicyclic) bond motifs is 2. The second kappa shape index (κ2) is 5.42. The molecule has 1 N–H and O–H groups in total. The Kier molecular flexibility index (Phi) is 3.75. The third-order valence-corrected chi connectivity index (χ3v) is 4.79. The van der Waals surface area contributed by atoms with Crippen molar-refractivity contribution in [2.45, 2.75) is 32.0 Å². The SMILES string of the molecule is Cc1cc(Br)ccc1NC(=O)[C@H]1[C@@H](C(=O)[O-])[C@@H]2CC[C@H]1O2. The molecule has 3 rings (SSSR count). The van der Waals surface area contributed by atoms with Crippen LogP contribution in [0.1, 0.15) is 18.4 Å². The first-order valence-corrected chi connectivity index (χ1v) is 7.70. The van der Waals surface area contributed by atoms with Crippen LogP contribution in [0.4, 0.5) is 5.69 Å². The van der Waals surface area contributed by atoms with Gasteiger partial charge in [0.15, 0.2) is 0 Å². The van der Waals surface area contributed by atoms with Gasteiger partial charge >= 0.3 is 0 Å². The summed E-state index contributed by atoms with van der Waals surface area (Å²) in [5.41, 5.74) is 1.59. The molecule has 0 aliphatic carbocycles. The number of halogens is 1. The van der Waals surface area contributed by atoms with Gasteiger partial charge in [0.1, 0.15) is 0 Å². The van der Waals surface area contributed by atoms with E-state index in [1.165, 1.54) is 0 Å². The monoisotopic (exact) mass is 352 g/mol. The summed E-state index contributed by atoms with van der Waals surface area (Å²) in [5.74, 6) is -3.02. The number of ether oxygens (including phenoxy) is 1. The van der Waals surface area contributed by atoms with Crippen LogP contribution >= 0.6 is 15.9 Å². The first-order valence-electron chi connectivity index (χ1n) is 6.90. The van der Waals surface area contributed by atoms with Crippen molar-refractivity contribution in [3.05, 3.63) is 28.2 Å². The average molecular weight is 353 g/mol. The van der Waals surface area contributed by atoms with Crippen molar-refractivity contribution < 1.29 is 19.4 Å². The molecule has 0 aromatic heterocycles. The molecule has 2 saturated heterocycles. The second-order valence-corrected chi connectivity index (χ2v) is 6.53. The highest BCUT2D eigenvalue weighted by atomic mass is 79.9. The fourth-order valence-electron chi connectivity index (χ4n) is 3.29. The number of anilines is 1. The van der Waals surface area contributed by atoms with E-state index in [1.807, 2.05) is 19.1 Å². The smallest absolute Gasteiger partial charge is 0.230 e. The van der Waals surface area contributed by atoms with Gasteiger partial charge in [0, 0.05) is 22.0 Å². The Morgan fingerprint density at radius 2 is 1.95 bits per heavy atom. The molecule has 1 amide bonds. The van der Waals surface area contributed by atoms with E-state index in [0.717, 1.165) is 16.5 Å². The fourth-order valence-corrected chi connectivity index (χ4v) is 3.77. The minimum absolute atomic E-state index is 0.304. The maximum absolute atomic E-state index is 12.5. The Labute approximate surface area is 130 Å². The third kappa shape index (κ3) is 2.58. The van der Waals surface area contributed by atoms with Gasteiger partial charge in [0.25, 0.3) is 0 Å². The van der Waals surface area contributed by atoms with E-state index < -0.39 is 17.8 Å². The van der Waals surface area contributed by atoms with Crippen LogP contribution < -0.4 is 10.4 Å². The van der Waals surface area contributed by atoms with E-state index in [9.17, 15) is 14.7 Å². The molecule has 112 valence electrons. The lowest BCUT2D eigenvalue weighted by molar-refractivity contribution is -0.313. The number of aliphatic carboxylic acids is 1. The number of carboxylic acid groups (broad SMARTS) is 1. The van der Waals surface area contributed by atoms with Gasteiger partial charge < -0.3 is 20.0 Å². The number of carboxylic acids is 1. The molecule has 0 saturated carbocycles. The van der Waals surface area contributed by atoms with Crippen molar-refractivity contribution >= 4 is 33.5 Å². The molecule has 2 fully saturated rings. The van der Waals surface area contributed by atoms with Gasteiger partial charge in [-0.05, 0) is 43.5 Å². The van der Waals surface area contributed by atoms with Crippen LogP contribution in [0.15, 0.2) is 22.7 Å². The van der Waals surface area contributed by atoms with Crippen LogP contribution in [0.25, 0.3) is 0 Å². The summed E-state index contributed by atoms with van der Waals surface area (Å²) in [7, 11) is 0. The first kappa shape index (κ1) is 14.5. The minimum atomic E-state index is -1.20. The van der Waals surface area contributed by atoms with Crippen molar-refractivity contribution in [2.24, 2.45) is 11.8 Å². The highest BCUT2D eigenvalue weighted by Gasteiger charge is 2.52. The number of carbonyl (C=O) groups is 2. The molecule has 2 aliphatic heterocycles. The molecule has 0 radical (unpaired) electrons. The summed E-state index contributed by atoms with van der Waals surface area (Å²) in [4.78, 5) is 23.8. The third-order valence-electron chi connectivity index (χ3n) is 4.29. The molecule has 2 aliphatic rings. The molecule has 21 heavy (non-hydrogen) atoms. The Bertz CT molecular complexity index is 603. The highest BCUT2D eigenvalue weighted by molar-refractivity contribution is 9.10. The zero-order chi connectivity index (χ0) is 15.1. The minimum Gasteiger partial charge on any atom is -0.550 e. The van der Waals surface area contributed by atoms with Crippen LogP contribution in [-0.2, 0) is 14.3 Å². The van der Waals surface area contributed by atoms with Crippen LogP contribution in [0.3, 0.4) is 0 Å². The van der Waals surface area contributed by atoms with Crippen LogP contribution in [0, 0.1) is 18.8 Å². The van der Waals surface area contributed by atoms with Gasteiger partial charge in [0.2, 0.25) is 5.91 Å². The summed E-state index contributed by atoms with van der Waals surface area (Å²) >= 11 is 3.37. The van der Waals surface area contributed by atoms with Crippen molar-refractivity contribution in [2.75, 3.05) is 5.32 Å². The number of aryl methyl sites for hydroxylation is 1. The van der Waals surface area contributed by atoms with Crippen molar-refractivity contribution in [3.63, 3.8) is 0 Å². The lowest BCUT2D eigenvalue weighted by Crippen LogP contribution is -2.46. The Morgan fingerprint density at radius 3 is 2.57 bits per heavy atom. The number of amides is 1. The molecule has 0 spiro atoms. The van der Waals surface area contributed by atoms with E-state index in [1.54, 1.807) is 6.07 Å². The predicted molar refractivity (Wildman–Crippen MR) is 77.4 cm³/mol. The quantitative estimate of drug-likeness (QED) is 0.887. The molecular weight excluding hydrogens is 338 g/mol. The number of hydrogen-bond acceptors (Lipinski definition) is 4. The Balaban J connectivity index is 1.80. The highest BCUT2D eigenvalue weighted by Crippen LogP contribution is 2.43. The maximum atomic E-state index is 12.5. The zero-order valence-corrected chi connectivity index (χ0v) is 13.1. The van der Waals surface area contributed by atoms with Gasteiger partial charge in [-0.25, -0.2) is 0 Å². The summed E-state index contributed by atoms with van der Waals surface area (Å²) in [6, 6.07) is 5.51. The van der Waals surface area contributed by atoms with Crippen molar-refractivity contribution in [1.29, 1.82) is 0 Å². The van der Waals surface area contributed by atoms with Gasteiger partial charge in [-0.1, -0.05) is 15.9 Å². The van der Waals surface area contributed by atoms with E-state index in [4.69, 9.17) is 4.74 Å². The van der Waals surface area contributed by atoms with Crippen LogP contribution in [-0.4, -0.2) is 24.1 Å². The zero-order valence-electron chi connectivity index (χ0n) is 11.5. The van der Waals surface area contributed by atoms with Crippen LogP contribution in [0.2, 0.25) is 0 Å². The number of carbonyl (C=O) groups excluding carboxylic acids is 2. The summed E-state index contributed by atoms with van der Waals surface area (Å²) < 4.78 is 6.50. The summed E-state index contributed by atoms with van der Waals surface area (Å²) in [6.45, 7) is 1.88. The van der Waals surface area contributed by atoms with E-state index in [-0.39, 0.29) is 18.1 Å². The van der Waals surface area contributed by atoms with Gasteiger partial charge in [-0.2, -0.15) is 0 Å². The normalized spacial score (nSPS) is 30.4. The van der Waals surface area contributed by atoms with Gasteiger partial charge in [0.05, 0.1) is 18.1 Å². The largest absolute Gasteiger partial charge is 0.550 e. The number of nitrogens with one attached hydrogen (secondary N) is 1. The molecular formula is C15H15BrNO4-. The Morgan fingerprint density at radius 1 is 1.29 bits per heavy atom. The van der Waals surface area contributed by atoms with Crippen molar-refractivity contribution in [1.82, 2.24) is 0 Å².